The highest BCUT2D eigenvalue weighted by atomic mass is 79.9. The first-order chi connectivity index (χ1) is 7.72. The molecular formula is C10H17BrN4O. The number of halogens is 1. The van der Waals surface area contributed by atoms with Crippen LogP contribution in [0.3, 0.4) is 0 Å². The van der Waals surface area contributed by atoms with Crippen LogP contribution >= 0.6 is 15.9 Å². The number of nitrogen functional groups attached to an aromatic ring is 1. The van der Waals surface area contributed by atoms with Crippen LogP contribution in [0.5, 0.6) is 0 Å². The van der Waals surface area contributed by atoms with E-state index in [0.717, 1.165) is 32.6 Å². The number of ether oxygens (including phenoxy) is 1. The largest absolute Gasteiger partial charge is 0.383 e. The van der Waals surface area contributed by atoms with Crippen LogP contribution in [0.15, 0.2) is 10.7 Å². The maximum absolute atomic E-state index is 5.58. The van der Waals surface area contributed by atoms with Gasteiger partial charge in [0.05, 0.1) is 0 Å². The Labute approximate surface area is 104 Å². The predicted molar refractivity (Wildman–Crippen MR) is 68.4 cm³/mol. The summed E-state index contributed by atoms with van der Waals surface area (Å²) < 4.78 is 6.04. The second-order valence-electron chi connectivity index (χ2n) is 3.33. The Bertz CT molecular complexity index is 301. The molecule has 1 aromatic heterocycles. The monoisotopic (exact) mass is 288 g/mol. The van der Waals surface area contributed by atoms with Gasteiger partial charge in [0.2, 0.25) is 5.95 Å². The van der Waals surface area contributed by atoms with Gasteiger partial charge >= 0.3 is 0 Å². The van der Waals surface area contributed by atoms with Gasteiger partial charge < -0.3 is 15.8 Å². The lowest BCUT2D eigenvalue weighted by molar-refractivity contribution is 0.134. The molecule has 1 aromatic rings. The van der Waals surface area contributed by atoms with Crippen LogP contribution in [0.25, 0.3) is 0 Å². The number of nitrogens with zero attached hydrogens (tertiary/aromatic N) is 2. The van der Waals surface area contributed by atoms with Crippen molar-refractivity contribution in [1.29, 1.82) is 0 Å². The Morgan fingerprint density at radius 2 is 2.25 bits per heavy atom. The summed E-state index contributed by atoms with van der Waals surface area (Å²) in [5.41, 5.74) is 5.58. The zero-order chi connectivity index (χ0) is 11.8. The molecule has 0 aliphatic heterocycles. The first kappa shape index (κ1) is 13.2. The molecule has 0 saturated carbocycles. The SMILES string of the molecule is CCCOCCCNc1nc(N)cc(Br)n1. The molecule has 5 nitrogen and oxygen atoms in total. The van der Waals surface area contributed by atoms with Gasteiger partial charge in [-0.05, 0) is 28.8 Å². The zero-order valence-electron chi connectivity index (χ0n) is 9.37. The van der Waals surface area contributed by atoms with E-state index in [-0.39, 0.29) is 0 Å². The van der Waals surface area contributed by atoms with Gasteiger partial charge in [0.25, 0.3) is 0 Å². The minimum absolute atomic E-state index is 0.451. The third-order valence-electron chi connectivity index (χ3n) is 1.81. The standard InChI is InChI=1S/C10H17BrN4O/c1-2-5-16-6-3-4-13-10-14-8(11)7-9(12)15-10/h7H,2-6H2,1H3,(H3,12,13,14,15). The molecule has 0 fully saturated rings. The number of rotatable bonds is 7. The fourth-order valence-electron chi connectivity index (χ4n) is 1.13. The molecule has 1 heterocycles. The van der Waals surface area contributed by atoms with Crippen molar-refractivity contribution >= 4 is 27.7 Å². The normalized spacial score (nSPS) is 10.4. The Morgan fingerprint density at radius 3 is 2.94 bits per heavy atom. The molecule has 1 rings (SSSR count). The second-order valence-corrected chi connectivity index (χ2v) is 4.14. The van der Waals surface area contributed by atoms with Crippen LogP contribution in [0, 0.1) is 0 Å². The van der Waals surface area contributed by atoms with E-state index in [2.05, 4.69) is 38.1 Å². The lowest BCUT2D eigenvalue weighted by Gasteiger charge is -2.06. The van der Waals surface area contributed by atoms with E-state index in [1.54, 1.807) is 6.07 Å². The highest BCUT2D eigenvalue weighted by molar-refractivity contribution is 9.10. The quantitative estimate of drug-likeness (QED) is 0.593. The van der Waals surface area contributed by atoms with E-state index in [1.807, 2.05) is 0 Å². The first-order valence-corrected chi connectivity index (χ1v) is 6.13. The van der Waals surface area contributed by atoms with Gasteiger partial charge in [-0.15, -0.1) is 0 Å². The second kappa shape index (κ2) is 7.40. The van der Waals surface area contributed by atoms with Crippen molar-refractivity contribution in [1.82, 2.24) is 9.97 Å². The highest BCUT2D eigenvalue weighted by Crippen LogP contribution is 2.11. The summed E-state index contributed by atoms with van der Waals surface area (Å²) in [4.78, 5) is 8.19. The number of anilines is 2. The van der Waals surface area contributed by atoms with E-state index in [1.165, 1.54) is 0 Å². The molecule has 0 unspecified atom stereocenters. The predicted octanol–water partition coefficient (Wildman–Crippen LogP) is 2.05. The summed E-state index contributed by atoms with van der Waals surface area (Å²) >= 11 is 3.26. The fraction of sp³-hybridized carbons (Fsp3) is 0.600. The summed E-state index contributed by atoms with van der Waals surface area (Å²) in [6.07, 6.45) is 1.98. The molecule has 16 heavy (non-hydrogen) atoms. The molecule has 0 aromatic carbocycles. The molecule has 0 saturated heterocycles. The number of nitrogens with two attached hydrogens (primary N) is 1. The highest BCUT2D eigenvalue weighted by Gasteiger charge is 1.99. The van der Waals surface area contributed by atoms with Crippen molar-refractivity contribution in [3.63, 3.8) is 0 Å². The number of hydrogen-bond acceptors (Lipinski definition) is 5. The summed E-state index contributed by atoms with van der Waals surface area (Å²) in [5.74, 6) is 0.994. The summed E-state index contributed by atoms with van der Waals surface area (Å²) in [6, 6.07) is 1.66. The fourth-order valence-corrected chi connectivity index (χ4v) is 1.54. The van der Waals surface area contributed by atoms with Gasteiger partial charge in [-0.3, -0.25) is 0 Å². The molecule has 0 atom stereocenters. The van der Waals surface area contributed by atoms with Crippen LogP contribution in [0.2, 0.25) is 0 Å². The minimum atomic E-state index is 0.451. The van der Waals surface area contributed by atoms with Crippen LogP contribution in [-0.2, 0) is 4.74 Å². The maximum Gasteiger partial charge on any atom is 0.225 e. The van der Waals surface area contributed by atoms with Crippen molar-refractivity contribution in [2.24, 2.45) is 0 Å². The summed E-state index contributed by atoms with van der Waals surface area (Å²) in [6.45, 7) is 4.45. The molecule has 6 heteroatoms. The van der Waals surface area contributed by atoms with Gasteiger partial charge in [0.1, 0.15) is 10.4 Å². The third-order valence-corrected chi connectivity index (χ3v) is 2.22. The topological polar surface area (TPSA) is 73.1 Å². The van der Waals surface area contributed by atoms with Gasteiger partial charge in [-0.25, -0.2) is 4.98 Å². The molecule has 0 spiro atoms. The van der Waals surface area contributed by atoms with E-state index < -0.39 is 0 Å². The molecule has 0 bridgehead atoms. The van der Waals surface area contributed by atoms with Crippen LogP contribution < -0.4 is 11.1 Å². The molecular weight excluding hydrogens is 272 g/mol. The number of nitrogens with one attached hydrogen (secondary N) is 1. The van der Waals surface area contributed by atoms with Crippen LogP contribution in [0.1, 0.15) is 19.8 Å². The van der Waals surface area contributed by atoms with Crippen molar-refractivity contribution in [3.8, 4) is 0 Å². The average Bonchev–Trinajstić information content (AvgIpc) is 2.22. The summed E-state index contributed by atoms with van der Waals surface area (Å²) in [7, 11) is 0. The van der Waals surface area contributed by atoms with E-state index >= 15 is 0 Å². The molecule has 3 N–H and O–H groups in total. The minimum Gasteiger partial charge on any atom is -0.383 e. The number of aromatic nitrogens is 2. The van der Waals surface area contributed by atoms with Crippen LogP contribution in [0.4, 0.5) is 11.8 Å². The van der Waals surface area contributed by atoms with E-state index in [4.69, 9.17) is 10.5 Å². The lowest BCUT2D eigenvalue weighted by atomic mass is 10.4. The number of hydrogen-bond donors (Lipinski definition) is 2. The van der Waals surface area contributed by atoms with Gasteiger partial charge in [-0.2, -0.15) is 4.98 Å². The molecule has 0 amide bonds. The molecule has 0 aliphatic rings. The summed E-state index contributed by atoms with van der Waals surface area (Å²) in [5, 5.41) is 3.09. The van der Waals surface area contributed by atoms with Crippen molar-refractivity contribution in [2.75, 3.05) is 30.8 Å². The smallest absolute Gasteiger partial charge is 0.225 e. The molecule has 0 radical (unpaired) electrons. The van der Waals surface area contributed by atoms with E-state index in [9.17, 15) is 0 Å². The van der Waals surface area contributed by atoms with Crippen LogP contribution in [-0.4, -0.2) is 29.7 Å². The van der Waals surface area contributed by atoms with Crippen molar-refractivity contribution in [3.05, 3.63) is 10.7 Å². The third kappa shape index (κ3) is 5.27. The van der Waals surface area contributed by atoms with Gasteiger partial charge in [-0.1, -0.05) is 6.92 Å². The van der Waals surface area contributed by atoms with Crippen molar-refractivity contribution in [2.45, 2.75) is 19.8 Å². The Morgan fingerprint density at radius 1 is 1.44 bits per heavy atom. The molecule has 90 valence electrons. The van der Waals surface area contributed by atoms with Crippen molar-refractivity contribution < 1.29 is 4.74 Å². The average molecular weight is 289 g/mol. The Kier molecular flexibility index (Phi) is 6.10. The Hall–Kier alpha value is -0.880. The van der Waals surface area contributed by atoms with E-state index in [0.29, 0.717) is 16.4 Å². The zero-order valence-corrected chi connectivity index (χ0v) is 11.0. The maximum atomic E-state index is 5.58. The van der Waals surface area contributed by atoms with Gasteiger partial charge in [0, 0.05) is 25.8 Å². The Balaban J connectivity index is 2.21. The molecule has 0 aliphatic carbocycles. The lowest BCUT2D eigenvalue weighted by Crippen LogP contribution is -2.09. The first-order valence-electron chi connectivity index (χ1n) is 5.34. The van der Waals surface area contributed by atoms with Gasteiger partial charge in [0.15, 0.2) is 0 Å².